The van der Waals surface area contributed by atoms with Gasteiger partial charge in [-0.25, -0.2) is 4.79 Å². The lowest BCUT2D eigenvalue weighted by Gasteiger charge is -2.17. The summed E-state index contributed by atoms with van der Waals surface area (Å²) in [4.78, 5) is 21.7. The van der Waals surface area contributed by atoms with Crippen molar-refractivity contribution in [2.45, 2.75) is 19.4 Å². The van der Waals surface area contributed by atoms with E-state index < -0.39 is 23.3 Å². The van der Waals surface area contributed by atoms with E-state index in [4.69, 9.17) is 0 Å². The molecule has 1 aliphatic heterocycles. The van der Waals surface area contributed by atoms with Crippen LogP contribution in [0.1, 0.15) is 13.8 Å². The zero-order chi connectivity index (χ0) is 8.65. The molecule has 0 saturated carbocycles. The SMILES string of the molecule is CC(=O)[C@@]1(O)C(=O)OC[C@H]1C. The van der Waals surface area contributed by atoms with Gasteiger partial charge >= 0.3 is 5.97 Å². The summed E-state index contributed by atoms with van der Waals surface area (Å²) in [6.45, 7) is 2.91. The van der Waals surface area contributed by atoms with Crippen molar-refractivity contribution in [1.82, 2.24) is 0 Å². The molecule has 4 heteroatoms. The number of cyclic esters (lactones) is 1. The number of hydrogen-bond acceptors (Lipinski definition) is 4. The summed E-state index contributed by atoms with van der Waals surface area (Å²) >= 11 is 0. The topological polar surface area (TPSA) is 63.6 Å². The Balaban J connectivity index is 2.98. The first kappa shape index (κ1) is 8.20. The number of ketones is 1. The minimum Gasteiger partial charge on any atom is -0.463 e. The minimum absolute atomic E-state index is 0.120. The predicted octanol–water partition coefficient (Wildman–Crippen LogP) is -0.501. The van der Waals surface area contributed by atoms with Crippen LogP contribution < -0.4 is 0 Å². The van der Waals surface area contributed by atoms with E-state index in [0.29, 0.717) is 0 Å². The molecule has 4 nitrogen and oxygen atoms in total. The van der Waals surface area contributed by atoms with Gasteiger partial charge in [-0.3, -0.25) is 4.79 Å². The first-order valence-corrected chi connectivity index (χ1v) is 3.40. The summed E-state index contributed by atoms with van der Waals surface area (Å²) < 4.78 is 4.53. The molecule has 11 heavy (non-hydrogen) atoms. The van der Waals surface area contributed by atoms with Gasteiger partial charge in [-0.1, -0.05) is 6.92 Å². The highest BCUT2D eigenvalue weighted by atomic mass is 16.6. The van der Waals surface area contributed by atoms with E-state index in [1.165, 1.54) is 6.92 Å². The van der Waals surface area contributed by atoms with Gasteiger partial charge < -0.3 is 9.84 Å². The van der Waals surface area contributed by atoms with Crippen molar-refractivity contribution in [3.05, 3.63) is 0 Å². The Morgan fingerprint density at radius 1 is 1.82 bits per heavy atom. The highest BCUT2D eigenvalue weighted by Crippen LogP contribution is 2.26. The average Bonchev–Trinajstić information content (AvgIpc) is 2.18. The molecule has 1 fully saturated rings. The van der Waals surface area contributed by atoms with Crippen LogP contribution in [0.3, 0.4) is 0 Å². The zero-order valence-corrected chi connectivity index (χ0v) is 6.46. The van der Waals surface area contributed by atoms with Crippen LogP contribution in [-0.4, -0.2) is 29.1 Å². The van der Waals surface area contributed by atoms with Crippen molar-refractivity contribution in [1.29, 1.82) is 0 Å². The third-order valence-electron chi connectivity index (χ3n) is 2.03. The van der Waals surface area contributed by atoms with Gasteiger partial charge in [-0.05, 0) is 6.92 Å². The van der Waals surface area contributed by atoms with Gasteiger partial charge in [-0.2, -0.15) is 0 Å². The molecule has 1 rings (SSSR count). The van der Waals surface area contributed by atoms with Gasteiger partial charge in [0.1, 0.15) is 0 Å². The normalized spacial score (nSPS) is 37.0. The van der Waals surface area contributed by atoms with Crippen molar-refractivity contribution in [3.8, 4) is 0 Å². The molecular weight excluding hydrogens is 148 g/mol. The largest absolute Gasteiger partial charge is 0.463 e. The first-order chi connectivity index (χ1) is 4.99. The van der Waals surface area contributed by atoms with E-state index >= 15 is 0 Å². The fraction of sp³-hybridized carbons (Fsp3) is 0.714. The molecule has 0 aromatic carbocycles. The standard InChI is InChI=1S/C7H10O4/c1-4-3-11-6(9)7(4,10)5(2)8/h4,10H,3H2,1-2H3/t4-,7-/m1/s1. The summed E-state index contributed by atoms with van der Waals surface area (Å²) in [6, 6.07) is 0. The Morgan fingerprint density at radius 2 is 2.36 bits per heavy atom. The summed E-state index contributed by atoms with van der Waals surface area (Å²) in [5.74, 6) is -1.81. The highest BCUT2D eigenvalue weighted by molar-refractivity contribution is 6.07. The predicted molar refractivity (Wildman–Crippen MR) is 35.8 cm³/mol. The number of carbonyl (C=O) groups excluding carboxylic acids is 2. The van der Waals surface area contributed by atoms with Gasteiger partial charge in [0.15, 0.2) is 5.78 Å². The van der Waals surface area contributed by atoms with Crippen molar-refractivity contribution in [2.24, 2.45) is 5.92 Å². The molecule has 62 valence electrons. The van der Waals surface area contributed by atoms with Crippen LogP contribution >= 0.6 is 0 Å². The quantitative estimate of drug-likeness (QED) is 0.412. The van der Waals surface area contributed by atoms with Crippen molar-refractivity contribution < 1.29 is 19.4 Å². The maximum absolute atomic E-state index is 10.9. The van der Waals surface area contributed by atoms with Crippen molar-refractivity contribution >= 4 is 11.8 Å². The lowest BCUT2D eigenvalue weighted by atomic mass is 9.88. The lowest BCUT2D eigenvalue weighted by Crippen LogP contribution is -2.46. The molecule has 2 atom stereocenters. The van der Waals surface area contributed by atoms with E-state index in [2.05, 4.69) is 4.74 Å². The van der Waals surface area contributed by atoms with Crippen molar-refractivity contribution in [3.63, 3.8) is 0 Å². The van der Waals surface area contributed by atoms with Crippen LogP contribution in [0.4, 0.5) is 0 Å². The number of esters is 1. The molecular formula is C7H10O4. The van der Waals surface area contributed by atoms with Gasteiger partial charge in [0.25, 0.3) is 0 Å². The van der Waals surface area contributed by atoms with Crippen LogP contribution in [0.15, 0.2) is 0 Å². The number of aliphatic hydroxyl groups is 1. The first-order valence-electron chi connectivity index (χ1n) is 3.40. The number of hydrogen-bond donors (Lipinski definition) is 1. The summed E-state index contributed by atoms with van der Waals surface area (Å²) in [5, 5.41) is 9.48. The number of Topliss-reactive ketones (excluding diaryl/α,β-unsaturated/α-hetero) is 1. The minimum atomic E-state index is -1.89. The second kappa shape index (κ2) is 2.30. The third kappa shape index (κ3) is 0.939. The molecule has 0 unspecified atom stereocenters. The maximum atomic E-state index is 10.9. The Hall–Kier alpha value is -0.900. The molecule has 0 radical (unpaired) electrons. The molecule has 1 aliphatic rings. The van der Waals surface area contributed by atoms with Gasteiger partial charge in [0, 0.05) is 5.92 Å². The Kier molecular flexibility index (Phi) is 1.72. The summed E-state index contributed by atoms with van der Waals surface area (Å²) in [7, 11) is 0. The molecule has 0 aromatic heterocycles. The van der Waals surface area contributed by atoms with E-state index in [9.17, 15) is 14.7 Å². The fourth-order valence-corrected chi connectivity index (χ4v) is 1.12. The van der Waals surface area contributed by atoms with Gasteiger partial charge in [0.2, 0.25) is 5.60 Å². The monoisotopic (exact) mass is 158 g/mol. The van der Waals surface area contributed by atoms with Gasteiger partial charge in [0.05, 0.1) is 6.61 Å². The van der Waals surface area contributed by atoms with E-state index in [-0.39, 0.29) is 6.61 Å². The highest BCUT2D eigenvalue weighted by Gasteiger charge is 2.52. The van der Waals surface area contributed by atoms with Crippen LogP contribution in [0.5, 0.6) is 0 Å². The Bertz CT molecular complexity index is 210. The summed E-state index contributed by atoms with van der Waals surface area (Å²) in [5.41, 5.74) is -1.89. The van der Waals surface area contributed by atoms with Crippen LogP contribution in [0.25, 0.3) is 0 Å². The molecule has 0 amide bonds. The number of ether oxygens (including phenoxy) is 1. The molecule has 1 N–H and O–H groups in total. The molecule has 0 aliphatic carbocycles. The Morgan fingerprint density at radius 3 is 2.55 bits per heavy atom. The molecule has 1 heterocycles. The molecule has 0 bridgehead atoms. The second-order valence-corrected chi connectivity index (χ2v) is 2.82. The lowest BCUT2D eigenvalue weighted by molar-refractivity contribution is -0.160. The Labute approximate surface area is 64.2 Å². The number of carbonyl (C=O) groups is 2. The van der Waals surface area contributed by atoms with E-state index in [0.717, 1.165) is 0 Å². The van der Waals surface area contributed by atoms with Gasteiger partial charge in [-0.15, -0.1) is 0 Å². The third-order valence-corrected chi connectivity index (χ3v) is 2.03. The van der Waals surface area contributed by atoms with Crippen molar-refractivity contribution in [2.75, 3.05) is 6.61 Å². The van der Waals surface area contributed by atoms with Crippen LogP contribution in [-0.2, 0) is 14.3 Å². The fourth-order valence-electron chi connectivity index (χ4n) is 1.12. The van der Waals surface area contributed by atoms with Crippen LogP contribution in [0, 0.1) is 5.92 Å². The number of rotatable bonds is 1. The maximum Gasteiger partial charge on any atom is 0.346 e. The van der Waals surface area contributed by atoms with Crippen LogP contribution in [0.2, 0.25) is 0 Å². The van der Waals surface area contributed by atoms with E-state index in [1.54, 1.807) is 6.92 Å². The second-order valence-electron chi connectivity index (χ2n) is 2.82. The molecule has 0 aromatic rings. The molecule has 0 spiro atoms. The smallest absolute Gasteiger partial charge is 0.346 e. The van der Waals surface area contributed by atoms with E-state index in [1.807, 2.05) is 0 Å². The molecule has 1 saturated heterocycles. The average molecular weight is 158 g/mol. The zero-order valence-electron chi connectivity index (χ0n) is 6.46. The summed E-state index contributed by atoms with van der Waals surface area (Å²) in [6.07, 6.45) is 0.